The van der Waals surface area contributed by atoms with Crippen molar-refractivity contribution in [3.05, 3.63) is 23.9 Å². The van der Waals surface area contributed by atoms with Gasteiger partial charge in [-0.05, 0) is 19.2 Å². The minimum Gasteiger partial charge on any atom is -0.383 e. The van der Waals surface area contributed by atoms with Crippen LogP contribution in [0.3, 0.4) is 0 Å². The van der Waals surface area contributed by atoms with Crippen LogP contribution in [0.5, 0.6) is 0 Å². The first-order valence-electron chi connectivity index (χ1n) is 5.07. The number of anilines is 1. The summed E-state index contributed by atoms with van der Waals surface area (Å²) in [5.41, 5.74) is 1.07. The van der Waals surface area contributed by atoms with Crippen LogP contribution in [0.15, 0.2) is 18.2 Å². The lowest BCUT2D eigenvalue weighted by Gasteiger charge is -2.15. The van der Waals surface area contributed by atoms with Crippen LogP contribution in [0.1, 0.15) is 5.69 Å². The predicted molar refractivity (Wildman–Crippen MR) is 62.0 cm³/mol. The Morgan fingerprint density at radius 3 is 2.93 bits per heavy atom. The number of hydrogen-bond acceptors (Lipinski definition) is 4. The van der Waals surface area contributed by atoms with E-state index >= 15 is 0 Å². The quantitative estimate of drug-likeness (QED) is 0.764. The van der Waals surface area contributed by atoms with Crippen LogP contribution in [0, 0.1) is 0 Å². The zero-order valence-electron chi connectivity index (χ0n) is 9.66. The van der Waals surface area contributed by atoms with Gasteiger partial charge in [0, 0.05) is 27.2 Å². The molecule has 0 unspecified atom stereocenters. The van der Waals surface area contributed by atoms with Gasteiger partial charge >= 0.3 is 0 Å². The largest absolute Gasteiger partial charge is 0.383 e. The van der Waals surface area contributed by atoms with E-state index in [0.717, 1.165) is 31.2 Å². The SMILES string of the molecule is CNc1cccc(CN(C)CCOC)n1. The molecule has 0 bridgehead atoms. The van der Waals surface area contributed by atoms with Crippen molar-refractivity contribution in [2.45, 2.75) is 6.54 Å². The second kappa shape index (κ2) is 6.37. The van der Waals surface area contributed by atoms with Crippen molar-refractivity contribution in [3.8, 4) is 0 Å². The molecule has 4 heteroatoms. The maximum Gasteiger partial charge on any atom is 0.126 e. The van der Waals surface area contributed by atoms with Gasteiger partial charge in [-0.25, -0.2) is 4.98 Å². The number of nitrogens with zero attached hydrogens (tertiary/aromatic N) is 2. The monoisotopic (exact) mass is 209 g/mol. The van der Waals surface area contributed by atoms with E-state index in [1.807, 2.05) is 25.2 Å². The summed E-state index contributed by atoms with van der Waals surface area (Å²) >= 11 is 0. The van der Waals surface area contributed by atoms with Crippen LogP contribution in [0.25, 0.3) is 0 Å². The first-order chi connectivity index (χ1) is 7.26. The third-order valence-electron chi connectivity index (χ3n) is 2.17. The minimum atomic E-state index is 0.752. The van der Waals surface area contributed by atoms with Crippen LogP contribution in [0.4, 0.5) is 5.82 Å². The number of aromatic nitrogens is 1. The topological polar surface area (TPSA) is 37.4 Å². The number of ether oxygens (including phenoxy) is 1. The van der Waals surface area contributed by atoms with Gasteiger partial charge in [0.15, 0.2) is 0 Å². The average Bonchev–Trinajstić information content (AvgIpc) is 2.26. The van der Waals surface area contributed by atoms with Gasteiger partial charge in [0.2, 0.25) is 0 Å². The summed E-state index contributed by atoms with van der Waals surface area (Å²) in [7, 11) is 5.65. The molecule has 4 nitrogen and oxygen atoms in total. The van der Waals surface area contributed by atoms with E-state index in [-0.39, 0.29) is 0 Å². The molecular weight excluding hydrogens is 190 g/mol. The molecule has 0 spiro atoms. The molecular formula is C11H19N3O. The van der Waals surface area contributed by atoms with Gasteiger partial charge < -0.3 is 10.1 Å². The Bertz CT molecular complexity index is 291. The zero-order chi connectivity index (χ0) is 11.1. The van der Waals surface area contributed by atoms with Crippen LogP contribution in [0.2, 0.25) is 0 Å². The number of rotatable bonds is 6. The molecule has 0 aliphatic heterocycles. The minimum absolute atomic E-state index is 0.752. The molecule has 0 amide bonds. The highest BCUT2D eigenvalue weighted by molar-refractivity contribution is 5.34. The van der Waals surface area contributed by atoms with E-state index < -0.39 is 0 Å². The second-order valence-corrected chi connectivity index (χ2v) is 3.49. The maximum absolute atomic E-state index is 5.02. The summed E-state index contributed by atoms with van der Waals surface area (Å²) < 4.78 is 5.02. The Morgan fingerprint density at radius 2 is 2.27 bits per heavy atom. The van der Waals surface area contributed by atoms with Crippen molar-refractivity contribution in [1.82, 2.24) is 9.88 Å². The molecule has 0 saturated carbocycles. The molecule has 0 atom stereocenters. The summed E-state index contributed by atoms with van der Waals surface area (Å²) in [6.07, 6.45) is 0. The van der Waals surface area contributed by atoms with Gasteiger partial charge in [-0.15, -0.1) is 0 Å². The zero-order valence-corrected chi connectivity index (χ0v) is 9.66. The van der Waals surface area contributed by atoms with Crippen molar-refractivity contribution in [2.75, 3.05) is 39.7 Å². The molecule has 1 heterocycles. The third kappa shape index (κ3) is 4.27. The van der Waals surface area contributed by atoms with E-state index in [1.54, 1.807) is 7.11 Å². The van der Waals surface area contributed by atoms with Gasteiger partial charge in [-0.2, -0.15) is 0 Å². The Labute approximate surface area is 91.3 Å². The summed E-state index contributed by atoms with van der Waals surface area (Å²) in [4.78, 5) is 6.63. The molecule has 1 N–H and O–H groups in total. The third-order valence-corrected chi connectivity index (χ3v) is 2.17. The molecule has 84 valence electrons. The van der Waals surface area contributed by atoms with Gasteiger partial charge in [0.1, 0.15) is 5.82 Å². The number of methoxy groups -OCH3 is 1. The number of likely N-dealkylation sites (N-methyl/N-ethyl adjacent to an activating group) is 1. The lowest BCUT2D eigenvalue weighted by atomic mass is 10.3. The molecule has 0 saturated heterocycles. The van der Waals surface area contributed by atoms with Crippen molar-refractivity contribution < 1.29 is 4.74 Å². The van der Waals surface area contributed by atoms with E-state index in [2.05, 4.69) is 22.2 Å². The first-order valence-corrected chi connectivity index (χ1v) is 5.07. The first kappa shape index (κ1) is 11.9. The molecule has 15 heavy (non-hydrogen) atoms. The lowest BCUT2D eigenvalue weighted by Crippen LogP contribution is -2.22. The molecule has 0 aromatic carbocycles. The van der Waals surface area contributed by atoms with E-state index in [9.17, 15) is 0 Å². The molecule has 0 radical (unpaired) electrons. The second-order valence-electron chi connectivity index (χ2n) is 3.49. The fourth-order valence-electron chi connectivity index (χ4n) is 1.31. The molecule has 0 aliphatic rings. The molecule has 1 aromatic rings. The number of nitrogens with one attached hydrogen (secondary N) is 1. The fourth-order valence-corrected chi connectivity index (χ4v) is 1.31. The van der Waals surface area contributed by atoms with Gasteiger partial charge in [-0.1, -0.05) is 6.07 Å². The Morgan fingerprint density at radius 1 is 1.47 bits per heavy atom. The number of pyridine rings is 1. The van der Waals surface area contributed by atoms with Crippen LogP contribution < -0.4 is 5.32 Å². The van der Waals surface area contributed by atoms with Gasteiger partial charge in [0.25, 0.3) is 0 Å². The Kier molecular flexibility index (Phi) is 5.07. The molecule has 0 fully saturated rings. The highest BCUT2D eigenvalue weighted by Crippen LogP contribution is 2.05. The Hall–Kier alpha value is -1.13. The summed E-state index contributed by atoms with van der Waals surface area (Å²) in [5.74, 6) is 0.910. The Balaban J connectivity index is 2.48. The van der Waals surface area contributed by atoms with Crippen molar-refractivity contribution in [2.24, 2.45) is 0 Å². The standard InChI is InChI=1S/C11H19N3O/c1-12-11-6-4-5-10(13-11)9-14(2)7-8-15-3/h4-6H,7-9H2,1-3H3,(H,12,13). The van der Waals surface area contributed by atoms with Crippen LogP contribution in [-0.4, -0.2) is 44.2 Å². The van der Waals surface area contributed by atoms with Crippen molar-refractivity contribution in [1.29, 1.82) is 0 Å². The van der Waals surface area contributed by atoms with Crippen molar-refractivity contribution in [3.63, 3.8) is 0 Å². The highest BCUT2D eigenvalue weighted by atomic mass is 16.5. The summed E-state index contributed by atoms with van der Waals surface area (Å²) in [6.45, 7) is 2.52. The molecule has 1 rings (SSSR count). The van der Waals surface area contributed by atoms with E-state index in [1.165, 1.54) is 0 Å². The maximum atomic E-state index is 5.02. The average molecular weight is 209 g/mol. The van der Waals surface area contributed by atoms with Crippen LogP contribution in [-0.2, 0) is 11.3 Å². The number of hydrogen-bond donors (Lipinski definition) is 1. The summed E-state index contributed by atoms with van der Waals surface area (Å²) in [6, 6.07) is 6.00. The van der Waals surface area contributed by atoms with E-state index in [0.29, 0.717) is 0 Å². The van der Waals surface area contributed by atoms with E-state index in [4.69, 9.17) is 4.74 Å². The highest BCUT2D eigenvalue weighted by Gasteiger charge is 2.01. The predicted octanol–water partition coefficient (Wildman–Crippen LogP) is 1.20. The van der Waals surface area contributed by atoms with Gasteiger partial charge in [0.05, 0.1) is 12.3 Å². The molecule has 0 aliphatic carbocycles. The normalized spacial score (nSPS) is 10.7. The lowest BCUT2D eigenvalue weighted by molar-refractivity contribution is 0.158. The fraction of sp³-hybridized carbons (Fsp3) is 0.545. The summed E-state index contributed by atoms with van der Waals surface area (Å²) in [5, 5.41) is 3.03. The van der Waals surface area contributed by atoms with Gasteiger partial charge in [-0.3, -0.25) is 4.90 Å². The molecule has 1 aromatic heterocycles. The smallest absolute Gasteiger partial charge is 0.126 e. The van der Waals surface area contributed by atoms with Crippen molar-refractivity contribution >= 4 is 5.82 Å². The van der Waals surface area contributed by atoms with Crippen LogP contribution >= 0.6 is 0 Å².